The van der Waals surface area contributed by atoms with Crippen LogP contribution in [0.15, 0.2) is 53.4 Å². The summed E-state index contributed by atoms with van der Waals surface area (Å²) < 4.78 is 26.2. The van der Waals surface area contributed by atoms with Crippen LogP contribution in [0.1, 0.15) is 24.0 Å². The minimum Gasteiger partial charge on any atom is -0.396 e. The Morgan fingerprint density at radius 3 is 2.04 bits per heavy atom. The molecule has 0 heterocycles. The number of hydrogen-bond donors (Lipinski definition) is 2. The topological polar surface area (TPSA) is 74.6 Å². The lowest BCUT2D eigenvalue weighted by atomic mass is 9.99. The molecule has 1 fully saturated rings. The van der Waals surface area contributed by atoms with E-state index in [4.69, 9.17) is 11.6 Å². The SMILES string of the molecule is CCc1ccc([C@H]2[C@H](S(=O)(=O)c3ccc(Cl)cc3)C2(CO)CO)cc1. The van der Waals surface area contributed by atoms with Gasteiger partial charge in [0.15, 0.2) is 9.84 Å². The first kappa shape index (κ1) is 18.4. The van der Waals surface area contributed by atoms with E-state index < -0.39 is 26.4 Å². The maximum atomic E-state index is 13.1. The molecular formula is C19H21ClO4S. The third kappa shape index (κ3) is 2.99. The maximum Gasteiger partial charge on any atom is 0.182 e. The molecule has 1 aliphatic rings. The summed E-state index contributed by atoms with van der Waals surface area (Å²) in [6, 6.07) is 13.7. The molecule has 2 atom stereocenters. The Balaban J connectivity index is 2.02. The summed E-state index contributed by atoms with van der Waals surface area (Å²) in [5.41, 5.74) is 0.912. The predicted octanol–water partition coefficient (Wildman–Crippen LogP) is 2.81. The fraction of sp³-hybridized carbons (Fsp3) is 0.368. The Labute approximate surface area is 153 Å². The highest BCUT2D eigenvalue weighted by Crippen LogP contribution is 2.63. The Morgan fingerprint density at radius 1 is 1.00 bits per heavy atom. The van der Waals surface area contributed by atoms with Crippen LogP contribution < -0.4 is 0 Å². The van der Waals surface area contributed by atoms with Crippen molar-refractivity contribution in [3.63, 3.8) is 0 Å². The van der Waals surface area contributed by atoms with Gasteiger partial charge < -0.3 is 10.2 Å². The molecule has 134 valence electrons. The zero-order chi connectivity index (χ0) is 18.2. The summed E-state index contributed by atoms with van der Waals surface area (Å²) in [4.78, 5) is 0.154. The van der Waals surface area contributed by atoms with Gasteiger partial charge in [0.05, 0.1) is 23.4 Å². The van der Waals surface area contributed by atoms with Crippen LogP contribution in [0.5, 0.6) is 0 Å². The third-order valence-corrected chi connectivity index (χ3v) is 7.78. The molecule has 0 amide bonds. The van der Waals surface area contributed by atoms with E-state index >= 15 is 0 Å². The van der Waals surface area contributed by atoms with Crippen LogP contribution in [0.3, 0.4) is 0 Å². The van der Waals surface area contributed by atoms with Crippen LogP contribution in [0, 0.1) is 5.41 Å². The smallest absolute Gasteiger partial charge is 0.182 e. The molecule has 1 saturated carbocycles. The monoisotopic (exact) mass is 380 g/mol. The number of sulfone groups is 1. The lowest BCUT2D eigenvalue weighted by molar-refractivity contribution is 0.130. The van der Waals surface area contributed by atoms with E-state index in [0.717, 1.165) is 17.5 Å². The largest absolute Gasteiger partial charge is 0.396 e. The van der Waals surface area contributed by atoms with Gasteiger partial charge in [-0.15, -0.1) is 0 Å². The molecule has 0 saturated heterocycles. The molecule has 25 heavy (non-hydrogen) atoms. The lowest BCUT2D eigenvalue weighted by Gasteiger charge is -2.11. The second kappa shape index (κ2) is 6.72. The number of aryl methyl sites for hydroxylation is 1. The van der Waals surface area contributed by atoms with Gasteiger partial charge in [-0.2, -0.15) is 0 Å². The zero-order valence-electron chi connectivity index (χ0n) is 13.9. The van der Waals surface area contributed by atoms with Crippen molar-refractivity contribution in [1.82, 2.24) is 0 Å². The van der Waals surface area contributed by atoms with Crippen molar-refractivity contribution < 1.29 is 18.6 Å². The van der Waals surface area contributed by atoms with Crippen molar-refractivity contribution in [2.45, 2.75) is 29.4 Å². The number of aliphatic hydroxyl groups excluding tert-OH is 2. The molecule has 0 aliphatic heterocycles. The minimum atomic E-state index is -3.71. The van der Waals surface area contributed by atoms with E-state index in [1.54, 1.807) is 0 Å². The second-order valence-corrected chi connectivity index (χ2v) is 9.05. The fourth-order valence-electron chi connectivity index (χ4n) is 3.61. The van der Waals surface area contributed by atoms with Gasteiger partial charge in [-0.1, -0.05) is 42.8 Å². The Kier molecular flexibility index (Phi) is 4.95. The normalized spacial score (nSPS) is 21.9. The summed E-state index contributed by atoms with van der Waals surface area (Å²) in [7, 11) is -3.71. The molecule has 0 aromatic heterocycles. The standard InChI is InChI=1S/C19H21ClO4S/c1-2-13-3-5-14(6-4-13)17-18(19(17,11-21)12-22)25(23,24)16-9-7-15(20)8-10-16/h3-10,17-18,21-22H,2,11-12H2,1H3/t17-,18-/m0/s1. The molecule has 2 N–H and O–H groups in total. The van der Waals surface area contributed by atoms with Crippen molar-refractivity contribution in [1.29, 1.82) is 0 Å². The third-order valence-electron chi connectivity index (χ3n) is 5.19. The first-order valence-electron chi connectivity index (χ1n) is 8.20. The summed E-state index contributed by atoms with van der Waals surface area (Å²) in [5.74, 6) is -0.436. The molecule has 0 radical (unpaired) electrons. The molecule has 0 unspecified atom stereocenters. The van der Waals surface area contributed by atoms with Gasteiger partial charge in [0.25, 0.3) is 0 Å². The summed E-state index contributed by atoms with van der Waals surface area (Å²) in [6.07, 6.45) is 0.891. The number of rotatable bonds is 6. The van der Waals surface area contributed by atoms with Gasteiger partial charge in [0, 0.05) is 16.4 Å². The molecule has 3 rings (SSSR count). The van der Waals surface area contributed by atoms with Gasteiger partial charge in [-0.05, 0) is 41.8 Å². The van der Waals surface area contributed by atoms with Gasteiger partial charge in [0.2, 0.25) is 0 Å². The minimum absolute atomic E-state index is 0.154. The van der Waals surface area contributed by atoms with Gasteiger partial charge in [-0.3, -0.25) is 0 Å². The lowest BCUT2D eigenvalue weighted by Crippen LogP contribution is -2.23. The molecule has 0 bridgehead atoms. The summed E-state index contributed by atoms with van der Waals surface area (Å²) >= 11 is 5.85. The summed E-state index contributed by atoms with van der Waals surface area (Å²) in [6.45, 7) is 1.27. The highest BCUT2D eigenvalue weighted by Gasteiger charge is 2.70. The first-order chi connectivity index (χ1) is 11.9. The highest BCUT2D eigenvalue weighted by atomic mass is 35.5. The van der Waals surface area contributed by atoms with Crippen LogP contribution in [0.25, 0.3) is 0 Å². The van der Waals surface area contributed by atoms with Crippen molar-refractivity contribution in [3.05, 3.63) is 64.7 Å². The molecule has 6 heteroatoms. The van der Waals surface area contributed by atoms with E-state index in [1.165, 1.54) is 24.3 Å². The number of halogens is 1. The van der Waals surface area contributed by atoms with Crippen LogP contribution in [0.4, 0.5) is 0 Å². The van der Waals surface area contributed by atoms with E-state index in [-0.39, 0.29) is 18.1 Å². The number of hydrogen-bond acceptors (Lipinski definition) is 4. The van der Waals surface area contributed by atoms with E-state index in [1.807, 2.05) is 31.2 Å². The van der Waals surface area contributed by atoms with Gasteiger partial charge >= 0.3 is 0 Å². The van der Waals surface area contributed by atoms with Crippen LogP contribution >= 0.6 is 11.6 Å². The maximum absolute atomic E-state index is 13.1. The van der Waals surface area contributed by atoms with Crippen molar-refractivity contribution >= 4 is 21.4 Å². The molecule has 2 aromatic rings. The Morgan fingerprint density at radius 2 is 1.56 bits per heavy atom. The predicted molar refractivity (Wildman–Crippen MR) is 97.6 cm³/mol. The first-order valence-corrected chi connectivity index (χ1v) is 10.1. The molecule has 1 aliphatic carbocycles. The fourth-order valence-corrected chi connectivity index (χ4v) is 6.16. The quantitative estimate of drug-likeness (QED) is 0.808. The van der Waals surface area contributed by atoms with Crippen molar-refractivity contribution in [3.8, 4) is 0 Å². The number of benzene rings is 2. The summed E-state index contributed by atoms with van der Waals surface area (Å²) in [5, 5.41) is 19.3. The van der Waals surface area contributed by atoms with Crippen molar-refractivity contribution in [2.75, 3.05) is 13.2 Å². The van der Waals surface area contributed by atoms with E-state index in [0.29, 0.717) is 5.02 Å². The van der Waals surface area contributed by atoms with E-state index in [9.17, 15) is 18.6 Å². The average molecular weight is 381 g/mol. The van der Waals surface area contributed by atoms with E-state index in [2.05, 4.69) is 0 Å². The van der Waals surface area contributed by atoms with Crippen molar-refractivity contribution in [2.24, 2.45) is 5.41 Å². The zero-order valence-corrected chi connectivity index (χ0v) is 15.5. The average Bonchev–Trinajstić information content (AvgIpc) is 3.33. The van der Waals surface area contributed by atoms with Crippen LogP contribution in [-0.4, -0.2) is 37.1 Å². The molecule has 0 spiro atoms. The Hall–Kier alpha value is -1.40. The van der Waals surface area contributed by atoms with Gasteiger partial charge in [0.1, 0.15) is 0 Å². The second-order valence-electron chi connectivity index (χ2n) is 6.54. The molecule has 2 aromatic carbocycles. The molecule has 4 nitrogen and oxygen atoms in total. The Bertz CT molecular complexity index is 840. The highest BCUT2D eigenvalue weighted by molar-refractivity contribution is 7.92. The van der Waals surface area contributed by atoms with Crippen LogP contribution in [-0.2, 0) is 16.3 Å². The number of aliphatic hydroxyl groups is 2. The van der Waals surface area contributed by atoms with Crippen LogP contribution in [0.2, 0.25) is 5.02 Å². The molecular weight excluding hydrogens is 360 g/mol. The van der Waals surface area contributed by atoms with Gasteiger partial charge in [-0.25, -0.2) is 8.42 Å².